The predicted molar refractivity (Wildman–Crippen MR) is 67.9 cm³/mol. The molecule has 0 spiro atoms. The summed E-state index contributed by atoms with van der Waals surface area (Å²) in [7, 11) is 0. The van der Waals surface area contributed by atoms with Crippen molar-refractivity contribution >= 4 is 23.2 Å². The molecule has 1 rings (SSSR count). The Bertz CT molecular complexity index is 475. The third-order valence-corrected chi connectivity index (χ3v) is 3.08. The van der Waals surface area contributed by atoms with Crippen LogP contribution in [0.3, 0.4) is 0 Å². The van der Waals surface area contributed by atoms with Crippen molar-refractivity contribution in [3.05, 3.63) is 28.8 Å². The highest BCUT2D eigenvalue weighted by molar-refractivity contribution is 6.34. The topological polar surface area (TPSA) is 55.1 Å². The van der Waals surface area contributed by atoms with Gasteiger partial charge in [0.1, 0.15) is 0 Å². The highest BCUT2D eigenvalue weighted by Crippen LogP contribution is 2.38. The molecule has 0 aliphatic heterocycles. The van der Waals surface area contributed by atoms with Gasteiger partial charge in [-0.1, -0.05) is 24.6 Å². The van der Waals surface area contributed by atoms with Gasteiger partial charge in [-0.3, -0.25) is 4.79 Å². The molecule has 106 valence electrons. The number of para-hydroxylation sites is 1. The molecule has 0 aliphatic rings. The number of rotatable bonds is 3. The maximum atomic E-state index is 12.8. The molecular weight excluding hydrogens is 281 g/mol. The van der Waals surface area contributed by atoms with Crippen LogP contribution in [-0.4, -0.2) is 11.9 Å². The van der Waals surface area contributed by atoms with E-state index in [9.17, 15) is 18.0 Å². The van der Waals surface area contributed by atoms with E-state index in [1.807, 2.05) is 0 Å². The Kier molecular flexibility index (Phi) is 4.81. The molecule has 0 aliphatic carbocycles. The fourth-order valence-electron chi connectivity index (χ4n) is 1.36. The molecule has 1 amide bonds. The van der Waals surface area contributed by atoms with Crippen LogP contribution in [0.5, 0.6) is 0 Å². The van der Waals surface area contributed by atoms with Crippen LogP contribution in [0, 0.1) is 5.92 Å². The standard InChI is InChI=1S/C12H14ClF3N2O/c1-6(7(2)17)11(19)18-10-8(12(14,15)16)4-3-5-9(10)13/h3-7H,17H2,1-2H3,(H,18,19). The van der Waals surface area contributed by atoms with Gasteiger partial charge in [0.15, 0.2) is 0 Å². The van der Waals surface area contributed by atoms with Gasteiger partial charge in [-0.25, -0.2) is 0 Å². The summed E-state index contributed by atoms with van der Waals surface area (Å²) in [6.45, 7) is 3.13. The zero-order valence-electron chi connectivity index (χ0n) is 10.4. The van der Waals surface area contributed by atoms with Crippen LogP contribution >= 0.6 is 11.6 Å². The van der Waals surface area contributed by atoms with Crippen LogP contribution in [0.2, 0.25) is 5.02 Å². The molecule has 0 saturated heterocycles. The summed E-state index contributed by atoms with van der Waals surface area (Å²) in [6.07, 6.45) is -4.59. The number of carbonyl (C=O) groups excluding carboxylic acids is 1. The van der Waals surface area contributed by atoms with Gasteiger partial charge in [0.25, 0.3) is 0 Å². The highest BCUT2D eigenvalue weighted by atomic mass is 35.5. The second-order valence-electron chi connectivity index (χ2n) is 4.30. The number of halogens is 4. The normalized spacial score (nSPS) is 14.9. The van der Waals surface area contributed by atoms with E-state index in [0.717, 1.165) is 6.07 Å². The van der Waals surface area contributed by atoms with E-state index in [-0.39, 0.29) is 5.02 Å². The Labute approximate surface area is 113 Å². The molecule has 19 heavy (non-hydrogen) atoms. The first kappa shape index (κ1) is 15.8. The first-order valence-corrected chi connectivity index (χ1v) is 5.94. The third-order valence-electron chi connectivity index (χ3n) is 2.77. The van der Waals surface area contributed by atoms with Crippen molar-refractivity contribution in [3.8, 4) is 0 Å². The number of hydrogen-bond donors (Lipinski definition) is 2. The number of amides is 1. The summed E-state index contributed by atoms with van der Waals surface area (Å²) < 4.78 is 38.4. The van der Waals surface area contributed by atoms with Crippen LogP contribution in [0.25, 0.3) is 0 Å². The van der Waals surface area contributed by atoms with E-state index in [1.165, 1.54) is 19.1 Å². The van der Waals surface area contributed by atoms with Crippen LogP contribution in [-0.2, 0) is 11.0 Å². The van der Waals surface area contributed by atoms with Gasteiger partial charge in [-0.05, 0) is 19.1 Å². The summed E-state index contributed by atoms with van der Waals surface area (Å²) >= 11 is 5.72. The molecule has 0 saturated carbocycles. The lowest BCUT2D eigenvalue weighted by Gasteiger charge is -2.19. The molecular formula is C12H14ClF3N2O. The highest BCUT2D eigenvalue weighted by Gasteiger charge is 2.35. The minimum atomic E-state index is -4.59. The lowest BCUT2D eigenvalue weighted by atomic mass is 10.0. The molecule has 0 fully saturated rings. The molecule has 0 radical (unpaired) electrons. The molecule has 3 N–H and O–H groups in total. The van der Waals surface area contributed by atoms with Gasteiger partial charge in [0, 0.05) is 6.04 Å². The van der Waals surface area contributed by atoms with Gasteiger partial charge >= 0.3 is 6.18 Å². The largest absolute Gasteiger partial charge is 0.418 e. The van der Waals surface area contributed by atoms with Gasteiger partial charge in [-0.15, -0.1) is 0 Å². The Morgan fingerprint density at radius 3 is 2.42 bits per heavy atom. The average molecular weight is 295 g/mol. The number of nitrogens with one attached hydrogen (secondary N) is 1. The molecule has 0 aromatic heterocycles. The van der Waals surface area contributed by atoms with Gasteiger partial charge in [-0.2, -0.15) is 13.2 Å². The smallest absolute Gasteiger partial charge is 0.327 e. The van der Waals surface area contributed by atoms with Crippen LogP contribution in [0.1, 0.15) is 19.4 Å². The molecule has 1 aromatic rings. The van der Waals surface area contributed by atoms with E-state index >= 15 is 0 Å². The maximum Gasteiger partial charge on any atom is 0.418 e. The lowest BCUT2D eigenvalue weighted by Crippen LogP contribution is -2.34. The van der Waals surface area contributed by atoms with Crippen molar-refractivity contribution in [2.45, 2.75) is 26.1 Å². The number of nitrogens with two attached hydrogens (primary N) is 1. The number of hydrogen-bond acceptors (Lipinski definition) is 2. The van der Waals surface area contributed by atoms with Crippen molar-refractivity contribution in [2.75, 3.05) is 5.32 Å². The average Bonchev–Trinajstić information content (AvgIpc) is 2.28. The number of benzene rings is 1. The molecule has 2 atom stereocenters. The van der Waals surface area contributed by atoms with E-state index in [1.54, 1.807) is 6.92 Å². The Morgan fingerprint density at radius 1 is 1.37 bits per heavy atom. The Balaban J connectivity index is 3.11. The van der Waals surface area contributed by atoms with Crippen molar-refractivity contribution in [2.24, 2.45) is 11.7 Å². The summed E-state index contributed by atoms with van der Waals surface area (Å²) in [5.74, 6) is -1.23. The van der Waals surface area contributed by atoms with Crippen molar-refractivity contribution in [1.82, 2.24) is 0 Å². The summed E-state index contributed by atoms with van der Waals surface area (Å²) in [5, 5.41) is 2.03. The maximum absolute atomic E-state index is 12.8. The van der Waals surface area contributed by atoms with E-state index in [0.29, 0.717) is 0 Å². The van der Waals surface area contributed by atoms with Crippen LogP contribution in [0.4, 0.5) is 18.9 Å². The SMILES string of the molecule is CC(N)C(C)C(=O)Nc1c(Cl)cccc1C(F)(F)F. The minimum absolute atomic E-state index is 0.167. The van der Waals surface area contributed by atoms with E-state index < -0.39 is 35.3 Å². The fourth-order valence-corrected chi connectivity index (χ4v) is 1.58. The molecule has 2 unspecified atom stereocenters. The van der Waals surface area contributed by atoms with Gasteiger partial charge in [0.2, 0.25) is 5.91 Å². The third kappa shape index (κ3) is 3.84. The predicted octanol–water partition coefficient (Wildman–Crippen LogP) is 3.28. The van der Waals surface area contributed by atoms with E-state index in [2.05, 4.69) is 5.32 Å². The second-order valence-corrected chi connectivity index (χ2v) is 4.70. The van der Waals surface area contributed by atoms with Crippen molar-refractivity contribution in [1.29, 1.82) is 0 Å². The summed E-state index contributed by atoms with van der Waals surface area (Å²) in [6, 6.07) is 2.84. The molecule has 0 heterocycles. The first-order valence-electron chi connectivity index (χ1n) is 5.56. The molecule has 0 bridgehead atoms. The zero-order valence-corrected chi connectivity index (χ0v) is 11.1. The fraction of sp³-hybridized carbons (Fsp3) is 0.417. The summed E-state index contributed by atoms with van der Waals surface area (Å²) in [5.41, 5.74) is 4.12. The summed E-state index contributed by atoms with van der Waals surface area (Å²) in [4.78, 5) is 11.8. The zero-order chi connectivity index (χ0) is 14.8. The van der Waals surface area contributed by atoms with Crippen LogP contribution < -0.4 is 11.1 Å². The monoisotopic (exact) mass is 294 g/mol. The number of alkyl halides is 3. The lowest BCUT2D eigenvalue weighted by molar-refractivity contribution is -0.137. The number of anilines is 1. The molecule has 3 nitrogen and oxygen atoms in total. The Hall–Kier alpha value is -1.27. The van der Waals surface area contributed by atoms with Crippen molar-refractivity contribution < 1.29 is 18.0 Å². The minimum Gasteiger partial charge on any atom is -0.327 e. The first-order chi connectivity index (χ1) is 8.64. The Morgan fingerprint density at radius 2 is 1.95 bits per heavy atom. The molecule has 7 heteroatoms. The van der Waals surface area contributed by atoms with Gasteiger partial charge < -0.3 is 11.1 Å². The number of carbonyl (C=O) groups is 1. The molecule has 1 aromatic carbocycles. The van der Waals surface area contributed by atoms with E-state index in [4.69, 9.17) is 17.3 Å². The van der Waals surface area contributed by atoms with Crippen LogP contribution in [0.15, 0.2) is 18.2 Å². The quantitative estimate of drug-likeness (QED) is 0.899. The van der Waals surface area contributed by atoms with Crippen molar-refractivity contribution in [3.63, 3.8) is 0 Å². The second kappa shape index (κ2) is 5.79. The van der Waals surface area contributed by atoms with Gasteiger partial charge in [0.05, 0.1) is 22.2 Å².